The molecule has 0 aliphatic rings. The lowest BCUT2D eigenvalue weighted by molar-refractivity contribution is 0.0971. The van der Waals surface area contributed by atoms with Crippen molar-refractivity contribution in [2.45, 2.75) is 6.54 Å². The highest BCUT2D eigenvalue weighted by atomic mass is 32.1. The first-order valence-electron chi connectivity index (χ1n) is 9.78. The highest BCUT2D eigenvalue weighted by Gasteiger charge is 2.14. The fourth-order valence-electron chi connectivity index (χ4n) is 3.63. The van der Waals surface area contributed by atoms with Crippen LogP contribution in [0.3, 0.4) is 0 Å². The fourth-order valence-corrected chi connectivity index (χ4v) is 4.82. The van der Waals surface area contributed by atoms with Gasteiger partial charge in [-0.15, -0.1) is 0 Å². The molecule has 0 aliphatic heterocycles. The molecule has 0 spiro atoms. The van der Waals surface area contributed by atoms with Gasteiger partial charge in [0.1, 0.15) is 5.58 Å². The molecule has 31 heavy (non-hydrogen) atoms. The van der Waals surface area contributed by atoms with E-state index >= 15 is 0 Å². The summed E-state index contributed by atoms with van der Waals surface area (Å²) in [5, 5.41) is 2.65. The Balaban J connectivity index is 1.70. The van der Waals surface area contributed by atoms with Crippen molar-refractivity contribution < 1.29 is 13.9 Å². The Hall–Kier alpha value is -3.55. The number of thiazole rings is 1. The van der Waals surface area contributed by atoms with Crippen molar-refractivity contribution in [3.8, 4) is 0 Å². The molecule has 0 fully saturated rings. The summed E-state index contributed by atoms with van der Waals surface area (Å²) in [5.74, 6) is -0.672. The molecule has 0 N–H and O–H groups in total. The zero-order valence-corrected chi connectivity index (χ0v) is 17.5. The number of benzene rings is 3. The number of fused-ring (bicyclic) bond motifs is 4. The van der Waals surface area contributed by atoms with E-state index in [1.54, 1.807) is 31.4 Å². The van der Waals surface area contributed by atoms with Gasteiger partial charge < -0.3 is 13.7 Å². The van der Waals surface area contributed by atoms with E-state index in [0.29, 0.717) is 28.9 Å². The lowest BCUT2D eigenvalue weighted by atomic mass is 10.1. The fraction of sp³-hybridized carbons (Fsp3) is 0.125. The maximum atomic E-state index is 12.9. The topological polar surface area (TPSA) is 73.8 Å². The van der Waals surface area contributed by atoms with Crippen LogP contribution < -0.4 is 10.2 Å². The number of methoxy groups -OCH3 is 1. The molecule has 0 saturated carbocycles. The second-order valence-electron chi connectivity index (χ2n) is 7.05. The average Bonchev–Trinajstić information content (AvgIpc) is 3.15. The first kappa shape index (κ1) is 19.4. The van der Waals surface area contributed by atoms with Gasteiger partial charge in [-0.3, -0.25) is 9.59 Å². The monoisotopic (exact) mass is 430 g/mol. The average molecular weight is 430 g/mol. The van der Waals surface area contributed by atoms with Gasteiger partial charge in [-0.25, -0.2) is 0 Å². The summed E-state index contributed by atoms with van der Waals surface area (Å²) in [6, 6.07) is 20.2. The van der Waals surface area contributed by atoms with Gasteiger partial charge in [0.25, 0.3) is 0 Å². The van der Waals surface area contributed by atoms with Crippen LogP contribution in [0.2, 0.25) is 0 Å². The Bertz CT molecular complexity index is 1580. The summed E-state index contributed by atoms with van der Waals surface area (Å²) in [4.78, 5) is 30.2. The molecule has 0 saturated heterocycles. The summed E-state index contributed by atoms with van der Waals surface area (Å²) in [7, 11) is 1.64. The van der Waals surface area contributed by atoms with Crippen LogP contribution in [0, 0.1) is 0 Å². The smallest absolute Gasteiger partial charge is 0.315 e. The molecule has 0 unspecified atom stereocenters. The SMILES string of the molecule is COCCn1c(=NC(=O)c2cc(=O)c3ccccc3o2)sc2c3ccccc3ccc21. The number of hydrogen-bond acceptors (Lipinski definition) is 5. The molecule has 5 rings (SSSR count). The zero-order valence-electron chi connectivity index (χ0n) is 16.7. The van der Waals surface area contributed by atoms with Crippen molar-refractivity contribution in [3.05, 3.63) is 87.5 Å². The van der Waals surface area contributed by atoms with Gasteiger partial charge in [-0.05, 0) is 23.6 Å². The Labute approximate surface area is 180 Å². The van der Waals surface area contributed by atoms with Crippen LogP contribution in [0.1, 0.15) is 10.6 Å². The molecular formula is C24H18N2O4S. The molecule has 154 valence electrons. The lowest BCUT2D eigenvalue weighted by Gasteiger charge is -2.05. The van der Waals surface area contributed by atoms with E-state index < -0.39 is 5.91 Å². The number of para-hydroxylation sites is 1. The van der Waals surface area contributed by atoms with Crippen LogP contribution >= 0.6 is 11.3 Å². The van der Waals surface area contributed by atoms with Crippen molar-refractivity contribution in [3.63, 3.8) is 0 Å². The summed E-state index contributed by atoms with van der Waals surface area (Å²) in [6.07, 6.45) is 0. The van der Waals surface area contributed by atoms with Crippen LogP contribution in [-0.2, 0) is 11.3 Å². The standard InChI is InChI=1S/C24H18N2O4S/c1-29-13-12-26-18-11-10-15-6-2-3-7-16(15)22(18)31-24(26)25-23(28)21-14-19(27)17-8-4-5-9-20(17)30-21/h2-11,14H,12-13H2,1H3. The summed E-state index contributed by atoms with van der Waals surface area (Å²) in [6.45, 7) is 1.02. The number of ether oxygens (including phenoxy) is 1. The normalized spacial score (nSPS) is 12.2. The number of rotatable bonds is 4. The van der Waals surface area contributed by atoms with E-state index in [1.165, 1.54) is 17.4 Å². The molecule has 0 radical (unpaired) electrons. The Kier molecular flexibility index (Phi) is 4.97. The van der Waals surface area contributed by atoms with E-state index in [-0.39, 0.29) is 11.2 Å². The van der Waals surface area contributed by atoms with Crippen LogP contribution in [0.25, 0.3) is 32.0 Å². The summed E-state index contributed by atoms with van der Waals surface area (Å²) in [5.41, 5.74) is 1.07. The maximum absolute atomic E-state index is 12.9. The van der Waals surface area contributed by atoms with E-state index in [9.17, 15) is 9.59 Å². The number of amides is 1. The number of nitrogens with zero attached hydrogens (tertiary/aromatic N) is 2. The zero-order chi connectivity index (χ0) is 21.4. The number of carbonyl (C=O) groups excluding carboxylic acids is 1. The van der Waals surface area contributed by atoms with Crippen LogP contribution in [0.15, 0.2) is 80.9 Å². The first-order chi connectivity index (χ1) is 15.2. The molecule has 1 amide bonds. The van der Waals surface area contributed by atoms with Gasteiger partial charge in [0.05, 0.1) is 22.2 Å². The van der Waals surface area contributed by atoms with Crippen molar-refractivity contribution in [2.75, 3.05) is 13.7 Å². The minimum Gasteiger partial charge on any atom is -0.451 e. The molecule has 0 aliphatic carbocycles. The second kappa shape index (κ2) is 7.94. The number of carbonyl (C=O) groups is 1. The lowest BCUT2D eigenvalue weighted by Crippen LogP contribution is -2.19. The van der Waals surface area contributed by atoms with Gasteiger partial charge in [-0.1, -0.05) is 53.8 Å². The molecule has 3 aromatic carbocycles. The maximum Gasteiger partial charge on any atom is 0.315 e. The summed E-state index contributed by atoms with van der Waals surface area (Å²) >= 11 is 1.43. The van der Waals surface area contributed by atoms with Gasteiger partial charge in [0.15, 0.2) is 16.0 Å². The largest absolute Gasteiger partial charge is 0.451 e. The third-order valence-electron chi connectivity index (χ3n) is 5.14. The van der Waals surface area contributed by atoms with Crippen LogP contribution in [0.5, 0.6) is 0 Å². The van der Waals surface area contributed by atoms with Crippen LogP contribution in [-0.4, -0.2) is 24.2 Å². The Morgan fingerprint density at radius 2 is 1.84 bits per heavy atom. The molecule has 6 nitrogen and oxygen atoms in total. The van der Waals surface area contributed by atoms with Gasteiger partial charge in [0.2, 0.25) is 0 Å². The number of aromatic nitrogens is 1. The highest BCUT2D eigenvalue weighted by molar-refractivity contribution is 7.17. The molecule has 0 bridgehead atoms. The van der Waals surface area contributed by atoms with Crippen LogP contribution in [0.4, 0.5) is 0 Å². The molecule has 2 aromatic heterocycles. The molecule has 0 atom stereocenters. The van der Waals surface area contributed by atoms with Crippen molar-refractivity contribution in [1.29, 1.82) is 0 Å². The van der Waals surface area contributed by atoms with E-state index in [0.717, 1.165) is 21.0 Å². The van der Waals surface area contributed by atoms with Gasteiger partial charge >= 0.3 is 5.91 Å². The second-order valence-corrected chi connectivity index (χ2v) is 8.03. The highest BCUT2D eigenvalue weighted by Crippen LogP contribution is 2.27. The summed E-state index contributed by atoms with van der Waals surface area (Å²) < 4.78 is 13.9. The van der Waals surface area contributed by atoms with Crippen molar-refractivity contribution in [1.82, 2.24) is 4.57 Å². The van der Waals surface area contributed by atoms with E-state index in [2.05, 4.69) is 23.2 Å². The Morgan fingerprint density at radius 3 is 2.68 bits per heavy atom. The minimum absolute atomic E-state index is 0.0793. The first-order valence-corrected chi connectivity index (χ1v) is 10.6. The van der Waals surface area contributed by atoms with E-state index in [1.807, 2.05) is 22.8 Å². The van der Waals surface area contributed by atoms with E-state index in [4.69, 9.17) is 9.15 Å². The number of hydrogen-bond donors (Lipinski definition) is 0. The quantitative estimate of drug-likeness (QED) is 0.425. The van der Waals surface area contributed by atoms with Crippen molar-refractivity contribution >= 4 is 49.2 Å². The third kappa shape index (κ3) is 3.48. The molecule has 7 heteroatoms. The van der Waals surface area contributed by atoms with Gasteiger partial charge in [0, 0.05) is 25.1 Å². The molecule has 5 aromatic rings. The third-order valence-corrected chi connectivity index (χ3v) is 6.26. The minimum atomic E-state index is -0.593. The Morgan fingerprint density at radius 1 is 1.06 bits per heavy atom. The predicted molar refractivity (Wildman–Crippen MR) is 122 cm³/mol. The predicted octanol–water partition coefficient (Wildman–Crippen LogP) is 4.35. The van der Waals surface area contributed by atoms with Gasteiger partial charge in [-0.2, -0.15) is 4.99 Å². The molecular weight excluding hydrogens is 412 g/mol. The molecule has 2 heterocycles. The van der Waals surface area contributed by atoms with Crippen molar-refractivity contribution in [2.24, 2.45) is 4.99 Å².